The molecule has 0 radical (unpaired) electrons. The summed E-state index contributed by atoms with van der Waals surface area (Å²) in [4.78, 5) is 14.8. The van der Waals surface area contributed by atoms with Crippen LogP contribution in [0.15, 0.2) is 54.6 Å². The van der Waals surface area contributed by atoms with Gasteiger partial charge < -0.3 is 10.0 Å². The number of aromatic nitrogens is 2. The number of hydrogen-bond donors (Lipinski definition) is 2. The van der Waals surface area contributed by atoms with Crippen LogP contribution in [0.4, 0.5) is 0 Å². The van der Waals surface area contributed by atoms with Gasteiger partial charge in [0.15, 0.2) is 0 Å². The molecule has 1 unspecified atom stereocenters. The fourth-order valence-electron chi connectivity index (χ4n) is 3.53. The number of hydrogen-bond acceptors (Lipinski definition) is 3. The molecule has 126 valence electrons. The van der Waals surface area contributed by atoms with Crippen molar-refractivity contribution < 1.29 is 9.90 Å². The molecule has 1 aromatic heterocycles. The van der Waals surface area contributed by atoms with E-state index in [2.05, 4.69) is 17.1 Å². The maximum absolute atomic E-state index is 12.9. The van der Waals surface area contributed by atoms with Gasteiger partial charge in [0, 0.05) is 17.7 Å². The highest BCUT2D eigenvalue weighted by Crippen LogP contribution is 2.44. The summed E-state index contributed by atoms with van der Waals surface area (Å²) < 4.78 is 0. The van der Waals surface area contributed by atoms with Gasteiger partial charge in [-0.2, -0.15) is 5.10 Å². The first-order valence-electron chi connectivity index (χ1n) is 8.45. The molecule has 0 spiro atoms. The van der Waals surface area contributed by atoms with Crippen LogP contribution in [0.2, 0.25) is 0 Å². The highest BCUT2D eigenvalue weighted by molar-refractivity contribution is 6.00. The summed E-state index contributed by atoms with van der Waals surface area (Å²) >= 11 is 0. The smallest absolute Gasteiger partial charge is 0.273 e. The van der Waals surface area contributed by atoms with E-state index in [1.165, 1.54) is 0 Å². The van der Waals surface area contributed by atoms with Gasteiger partial charge >= 0.3 is 0 Å². The van der Waals surface area contributed by atoms with E-state index in [-0.39, 0.29) is 17.7 Å². The van der Waals surface area contributed by atoms with Crippen molar-refractivity contribution in [2.75, 3.05) is 6.54 Å². The molecule has 5 heteroatoms. The summed E-state index contributed by atoms with van der Waals surface area (Å²) in [5.74, 6) is 0.116. The summed E-state index contributed by atoms with van der Waals surface area (Å²) in [7, 11) is 0. The van der Waals surface area contributed by atoms with Crippen molar-refractivity contribution in [3.63, 3.8) is 0 Å². The summed E-state index contributed by atoms with van der Waals surface area (Å²) in [5, 5.41) is 17.5. The van der Waals surface area contributed by atoms with Gasteiger partial charge in [-0.1, -0.05) is 49.4 Å². The van der Waals surface area contributed by atoms with Crippen LogP contribution in [0, 0.1) is 0 Å². The summed E-state index contributed by atoms with van der Waals surface area (Å²) in [6, 6.07) is 16.8. The first-order chi connectivity index (χ1) is 12.2. The van der Waals surface area contributed by atoms with E-state index >= 15 is 0 Å². The van der Waals surface area contributed by atoms with Crippen molar-refractivity contribution in [1.29, 1.82) is 0 Å². The van der Waals surface area contributed by atoms with Gasteiger partial charge in [-0.15, -0.1) is 0 Å². The zero-order chi connectivity index (χ0) is 17.4. The molecule has 0 saturated carbocycles. The van der Waals surface area contributed by atoms with Gasteiger partial charge in [0.1, 0.15) is 17.1 Å². The molecule has 0 aliphatic carbocycles. The van der Waals surface area contributed by atoms with Crippen molar-refractivity contribution in [2.45, 2.75) is 19.4 Å². The third-order valence-electron chi connectivity index (χ3n) is 4.60. The van der Waals surface area contributed by atoms with Gasteiger partial charge in [-0.05, 0) is 24.1 Å². The zero-order valence-corrected chi connectivity index (χ0v) is 13.9. The number of aromatic amines is 1. The Hall–Kier alpha value is -3.08. The number of H-pyrrole nitrogens is 1. The molecule has 0 fully saturated rings. The van der Waals surface area contributed by atoms with Crippen LogP contribution in [-0.2, 0) is 0 Å². The molecule has 0 bridgehead atoms. The topological polar surface area (TPSA) is 69.2 Å². The highest BCUT2D eigenvalue weighted by Gasteiger charge is 2.41. The fraction of sp³-hybridized carbons (Fsp3) is 0.200. The Morgan fingerprint density at radius 3 is 2.56 bits per heavy atom. The first-order valence-corrected chi connectivity index (χ1v) is 8.45. The molecule has 1 aliphatic heterocycles. The lowest BCUT2D eigenvalue weighted by Gasteiger charge is -2.26. The lowest BCUT2D eigenvalue weighted by Crippen LogP contribution is -2.30. The van der Waals surface area contributed by atoms with Gasteiger partial charge in [-0.3, -0.25) is 9.89 Å². The molecule has 25 heavy (non-hydrogen) atoms. The lowest BCUT2D eigenvalue weighted by molar-refractivity contribution is 0.0744. The number of rotatable bonds is 4. The monoisotopic (exact) mass is 333 g/mol. The quantitative estimate of drug-likeness (QED) is 0.764. The number of nitrogens with zero attached hydrogens (tertiary/aromatic N) is 2. The van der Waals surface area contributed by atoms with Gasteiger partial charge in [0.05, 0.1) is 6.04 Å². The molecule has 2 aromatic carbocycles. The number of amides is 1. The van der Waals surface area contributed by atoms with Crippen LogP contribution in [0.3, 0.4) is 0 Å². The third-order valence-corrected chi connectivity index (χ3v) is 4.60. The van der Waals surface area contributed by atoms with E-state index < -0.39 is 0 Å². The van der Waals surface area contributed by atoms with Crippen LogP contribution in [-0.4, -0.2) is 32.7 Å². The van der Waals surface area contributed by atoms with Crippen LogP contribution in [0.25, 0.3) is 11.3 Å². The molecular weight excluding hydrogens is 314 g/mol. The van der Waals surface area contributed by atoms with E-state index in [9.17, 15) is 9.90 Å². The van der Waals surface area contributed by atoms with Crippen LogP contribution >= 0.6 is 0 Å². The molecule has 2 heterocycles. The predicted octanol–water partition coefficient (Wildman–Crippen LogP) is 3.74. The molecule has 0 saturated heterocycles. The van der Waals surface area contributed by atoms with Crippen LogP contribution in [0.1, 0.15) is 41.0 Å². The van der Waals surface area contributed by atoms with Gasteiger partial charge in [-0.25, -0.2) is 0 Å². The Balaban J connectivity index is 1.92. The average Bonchev–Trinajstić information content (AvgIpc) is 3.17. The fourth-order valence-corrected chi connectivity index (χ4v) is 3.53. The number of fused-ring (bicyclic) bond motifs is 1. The minimum absolute atomic E-state index is 0.0418. The largest absolute Gasteiger partial charge is 0.507 e. The number of carbonyl (C=O) groups is 1. The van der Waals surface area contributed by atoms with E-state index in [4.69, 9.17) is 0 Å². The number of para-hydroxylation sites is 1. The van der Waals surface area contributed by atoms with E-state index in [0.29, 0.717) is 23.5 Å². The highest BCUT2D eigenvalue weighted by atomic mass is 16.3. The van der Waals surface area contributed by atoms with Crippen molar-refractivity contribution in [2.24, 2.45) is 0 Å². The number of nitrogens with one attached hydrogen (secondary N) is 1. The average molecular weight is 333 g/mol. The van der Waals surface area contributed by atoms with Gasteiger partial charge in [0.25, 0.3) is 5.91 Å². The van der Waals surface area contributed by atoms with Crippen molar-refractivity contribution in [3.8, 4) is 17.0 Å². The van der Waals surface area contributed by atoms with Crippen molar-refractivity contribution >= 4 is 5.91 Å². The second-order valence-electron chi connectivity index (χ2n) is 6.19. The number of benzene rings is 2. The Labute approximate surface area is 145 Å². The van der Waals surface area contributed by atoms with Crippen molar-refractivity contribution in [3.05, 3.63) is 71.4 Å². The second-order valence-corrected chi connectivity index (χ2v) is 6.19. The Kier molecular flexibility index (Phi) is 3.76. The molecule has 3 aromatic rings. The Bertz CT molecular complexity index is 918. The maximum atomic E-state index is 12.9. The van der Waals surface area contributed by atoms with E-state index in [1.54, 1.807) is 12.1 Å². The normalized spacial score (nSPS) is 16.3. The molecule has 2 N–H and O–H groups in total. The molecule has 1 aliphatic rings. The second kappa shape index (κ2) is 6.09. The molecule has 1 amide bonds. The summed E-state index contributed by atoms with van der Waals surface area (Å²) in [6.07, 6.45) is 0.874. The lowest BCUT2D eigenvalue weighted by atomic mass is 9.96. The zero-order valence-electron chi connectivity index (χ0n) is 13.9. The summed E-state index contributed by atoms with van der Waals surface area (Å²) in [6.45, 7) is 2.73. The number of aromatic hydroxyl groups is 1. The van der Waals surface area contributed by atoms with Crippen LogP contribution in [0.5, 0.6) is 5.75 Å². The predicted molar refractivity (Wildman–Crippen MR) is 95.3 cm³/mol. The molecule has 5 nitrogen and oxygen atoms in total. The van der Waals surface area contributed by atoms with Crippen LogP contribution < -0.4 is 0 Å². The Morgan fingerprint density at radius 1 is 1.12 bits per heavy atom. The van der Waals surface area contributed by atoms with Crippen molar-refractivity contribution in [1.82, 2.24) is 15.1 Å². The minimum Gasteiger partial charge on any atom is -0.507 e. The van der Waals surface area contributed by atoms with Gasteiger partial charge in [0.2, 0.25) is 0 Å². The van der Waals surface area contributed by atoms with E-state index in [0.717, 1.165) is 17.5 Å². The molecule has 4 rings (SSSR count). The Morgan fingerprint density at radius 2 is 1.84 bits per heavy atom. The first kappa shape index (κ1) is 15.4. The minimum atomic E-state index is -0.197. The SMILES string of the molecule is CCCN1C(=O)c2[nH]nc(-c3ccccc3O)c2C1c1ccccc1. The molecule has 1 atom stereocenters. The maximum Gasteiger partial charge on any atom is 0.273 e. The number of carbonyl (C=O) groups excluding carboxylic acids is 1. The van der Waals surface area contributed by atoms with E-state index in [1.807, 2.05) is 47.4 Å². The molecular formula is C20H19N3O2. The summed E-state index contributed by atoms with van der Waals surface area (Å²) in [5.41, 5.74) is 3.66. The third kappa shape index (κ3) is 2.39. The number of phenolic OH excluding ortho intramolecular Hbond substituents is 1. The number of phenols is 1. The standard InChI is InChI=1S/C20H19N3O2/c1-2-12-23-19(13-8-4-3-5-9-13)16-17(21-22-18(16)20(23)25)14-10-6-7-11-15(14)24/h3-11,19,24H,2,12H2,1H3,(H,21,22).